The first-order valence-corrected chi connectivity index (χ1v) is 13.5. The summed E-state index contributed by atoms with van der Waals surface area (Å²) < 4.78 is 62.6. The van der Waals surface area contributed by atoms with Crippen LogP contribution in [0.1, 0.15) is 45.8 Å². The summed E-state index contributed by atoms with van der Waals surface area (Å²) in [7, 11) is 0. The molecule has 8 nitrogen and oxygen atoms in total. The summed E-state index contributed by atoms with van der Waals surface area (Å²) in [5.74, 6) is -4.90. The fourth-order valence-electron chi connectivity index (χ4n) is 3.84. The molecule has 0 atom stereocenters. The first-order valence-electron chi connectivity index (χ1n) is 12.1. The lowest BCUT2D eigenvalue weighted by atomic mass is 10.1. The van der Waals surface area contributed by atoms with Crippen molar-refractivity contribution in [3.63, 3.8) is 0 Å². The Hall–Kier alpha value is -4.23. The van der Waals surface area contributed by atoms with E-state index in [1.54, 1.807) is 19.9 Å². The number of alkyl halides is 3. The van der Waals surface area contributed by atoms with E-state index in [1.165, 1.54) is 36.8 Å². The van der Waals surface area contributed by atoms with Gasteiger partial charge in [0, 0.05) is 42.5 Å². The number of carbonyl (C=O) groups is 2. The molecule has 0 fully saturated rings. The van der Waals surface area contributed by atoms with E-state index in [0.29, 0.717) is 5.16 Å². The second-order valence-electron chi connectivity index (χ2n) is 8.99. The zero-order chi connectivity index (χ0) is 30.6. The van der Waals surface area contributed by atoms with Crippen molar-refractivity contribution in [1.29, 1.82) is 0 Å². The predicted molar refractivity (Wildman–Crippen MR) is 148 cm³/mol. The van der Waals surface area contributed by atoms with Gasteiger partial charge in [0.05, 0.1) is 21.8 Å². The molecule has 4 aromatic rings. The summed E-state index contributed by atoms with van der Waals surface area (Å²) in [6, 6.07) is 8.38. The second kappa shape index (κ2) is 12.7. The molecule has 14 heteroatoms. The van der Waals surface area contributed by atoms with E-state index in [0.717, 1.165) is 40.9 Å². The molecule has 0 bridgehead atoms. The highest BCUT2D eigenvalue weighted by Crippen LogP contribution is 2.41. The number of halogens is 5. The smallest absolute Gasteiger partial charge is 0.419 e. The number of rotatable bonds is 9. The summed E-state index contributed by atoms with van der Waals surface area (Å²) in [5.41, 5.74) is -1.92. The first kappa shape index (κ1) is 30.7. The molecule has 0 saturated heterocycles. The SMILES string of the molecule is CC(C)N(C(=O)c1ccc(Cl)cn1)c1cc(F)c(Oc2ccc(CSc3ncccn3)cc2C(F)(F)F)cc1C(=O)O. The van der Waals surface area contributed by atoms with Gasteiger partial charge in [0.15, 0.2) is 16.7 Å². The van der Waals surface area contributed by atoms with Gasteiger partial charge >= 0.3 is 12.1 Å². The largest absolute Gasteiger partial charge is 0.478 e. The van der Waals surface area contributed by atoms with Crippen molar-refractivity contribution >= 4 is 40.9 Å². The lowest BCUT2D eigenvalue weighted by molar-refractivity contribution is -0.138. The van der Waals surface area contributed by atoms with Crippen LogP contribution in [0.5, 0.6) is 11.5 Å². The normalized spacial score (nSPS) is 11.4. The number of nitrogens with zero attached hydrogens (tertiary/aromatic N) is 4. The van der Waals surface area contributed by atoms with Gasteiger partial charge in [-0.3, -0.25) is 4.79 Å². The highest BCUT2D eigenvalue weighted by molar-refractivity contribution is 7.98. The van der Waals surface area contributed by atoms with Crippen LogP contribution in [0, 0.1) is 5.82 Å². The van der Waals surface area contributed by atoms with Crippen molar-refractivity contribution in [3.05, 3.63) is 100 Å². The molecule has 0 radical (unpaired) electrons. The Bertz CT molecular complexity index is 1610. The molecule has 0 saturated carbocycles. The Balaban J connectivity index is 1.70. The van der Waals surface area contributed by atoms with E-state index in [4.69, 9.17) is 16.3 Å². The zero-order valence-corrected chi connectivity index (χ0v) is 23.5. The molecular formula is C28H21ClF4N4O4S. The van der Waals surface area contributed by atoms with Crippen molar-refractivity contribution in [1.82, 2.24) is 15.0 Å². The van der Waals surface area contributed by atoms with Crippen LogP contribution in [0.3, 0.4) is 0 Å². The maximum absolute atomic E-state index is 15.4. The zero-order valence-electron chi connectivity index (χ0n) is 21.9. The van der Waals surface area contributed by atoms with Crippen molar-refractivity contribution in [2.75, 3.05) is 4.90 Å². The Labute approximate surface area is 246 Å². The fraction of sp³-hybridized carbons (Fsp3) is 0.179. The van der Waals surface area contributed by atoms with Crippen LogP contribution in [-0.4, -0.2) is 38.0 Å². The minimum Gasteiger partial charge on any atom is -0.478 e. The molecule has 218 valence electrons. The van der Waals surface area contributed by atoms with Crippen molar-refractivity contribution in [3.8, 4) is 11.5 Å². The fourth-order valence-corrected chi connectivity index (χ4v) is 4.70. The molecule has 4 rings (SSSR count). The van der Waals surface area contributed by atoms with Crippen LogP contribution in [0.4, 0.5) is 23.2 Å². The average Bonchev–Trinajstić information content (AvgIpc) is 2.93. The number of hydrogen-bond acceptors (Lipinski definition) is 7. The van der Waals surface area contributed by atoms with Gasteiger partial charge in [0.1, 0.15) is 11.4 Å². The van der Waals surface area contributed by atoms with E-state index in [1.807, 2.05) is 0 Å². The number of thioether (sulfide) groups is 1. The topological polar surface area (TPSA) is 106 Å². The standard InChI is InChI=1S/C28H21ClF4N4O4S/c1-15(2)37(25(38)21-6-5-17(29)13-36-21)22-12-20(30)24(11-18(22)26(39)40)41-23-7-4-16(10-19(23)28(31,32)33)14-42-27-34-8-3-9-35-27/h3-13,15H,14H2,1-2H3,(H,39,40). The highest BCUT2D eigenvalue weighted by atomic mass is 35.5. The van der Waals surface area contributed by atoms with Gasteiger partial charge in [-0.25, -0.2) is 24.1 Å². The molecule has 1 amide bonds. The van der Waals surface area contributed by atoms with Crippen molar-refractivity contribution in [2.24, 2.45) is 0 Å². The average molecular weight is 621 g/mol. The van der Waals surface area contributed by atoms with Gasteiger partial charge in [-0.2, -0.15) is 13.2 Å². The number of carboxylic acid groups (broad SMARTS) is 1. The van der Waals surface area contributed by atoms with Crippen LogP contribution in [0.15, 0.2) is 72.3 Å². The van der Waals surface area contributed by atoms with E-state index in [9.17, 15) is 27.9 Å². The quantitative estimate of drug-likeness (QED) is 0.116. The summed E-state index contributed by atoms with van der Waals surface area (Å²) in [6.45, 7) is 3.14. The Kier molecular flexibility index (Phi) is 9.32. The summed E-state index contributed by atoms with van der Waals surface area (Å²) >= 11 is 6.95. The monoisotopic (exact) mass is 620 g/mol. The number of pyridine rings is 1. The van der Waals surface area contributed by atoms with E-state index >= 15 is 4.39 Å². The Morgan fingerprint density at radius 2 is 1.76 bits per heavy atom. The molecule has 1 N–H and O–H groups in total. The molecule has 42 heavy (non-hydrogen) atoms. The van der Waals surface area contributed by atoms with Gasteiger partial charge in [0.2, 0.25) is 0 Å². The first-order chi connectivity index (χ1) is 19.8. The van der Waals surface area contributed by atoms with Crippen molar-refractivity contribution in [2.45, 2.75) is 37.0 Å². The molecule has 0 aliphatic rings. The number of aromatic nitrogens is 3. The van der Waals surface area contributed by atoms with E-state index in [-0.39, 0.29) is 27.7 Å². The molecule has 0 spiro atoms. The number of benzene rings is 2. The van der Waals surface area contributed by atoms with Crippen LogP contribution in [-0.2, 0) is 11.9 Å². The number of carboxylic acids is 1. The highest BCUT2D eigenvalue weighted by Gasteiger charge is 2.36. The van der Waals surface area contributed by atoms with Gasteiger partial charge in [-0.1, -0.05) is 29.4 Å². The number of amides is 1. The van der Waals surface area contributed by atoms with E-state index in [2.05, 4.69) is 15.0 Å². The molecule has 0 aliphatic heterocycles. The van der Waals surface area contributed by atoms with E-state index < -0.39 is 52.5 Å². The predicted octanol–water partition coefficient (Wildman–Crippen LogP) is 7.52. The lowest BCUT2D eigenvalue weighted by Gasteiger charge is -2.28. The number of anilines is 1. The maximum Gasteiger partial charge on any atom is 0.419 e. The van der Waals surface area contributed by atoms with Crippen LogP contribution >= 0.6 is 23.4 Å². The summed E-state index contributed by atoms with van der Waals surface area (Å²) in [5, 5.41) is 10.5. The third-order valence-electron chi connectivity index (χ3n) is 5.70. The molecular weight excluding hydrogens is 600 g/mol. The molecule has 0 unspecified atom stereocenters. The van der Waals surface area contributed by atoms with Gasteiger partial charge < -0.3 is 14.7 Å². The van der Waals surface area contributed by atoms with Crippen LogP contribution in [0.25, 0.3) is 0 Å². The number of aromatic carboxylic acids is 1. The Morgan fingerprint density at radius 1 is 1.05 bits per heavy atom. The van der Waals surface area contributed by atoms with Crippen molar-refractivity contribution < 1.29 is 37.0 Å². The number of carbonyl (C=O) groups excluding carboxylic acids is 1. The van der Waals surface area contributed by atoms with Gasteiger partial charge in [-0.15, -0.1) is 0 Å². The van der Waals surface area contributed by atoms with Gasteiger partial charge in [-0.05, 0) is 49.7 Å². The van der Waals surface area contributed by atoms with Gasteiger partial charge in [0.25, 0.3) is 5.91 Å². The van der Waals surface area contributed by atoms with Crippen LogP contribution < -0.4 is 9.64 Å². The summed E-state index contributed by atoms with van der Waals surface area (Å²) in [4.78, 5) is 38.4. The number of ether oxygens (including phenoxy) is 1. The molecule has 2 aromatic carbocycles. The Morgan fingerprint density at radius 3 is 2.36 bits per heavy atom. The third-order valence-corrected chi connectivity index (χ3v) is 6.87. The minimum atomic E-state index is -4.88. The molecule has 2 heterocycles. The van der Waals surface area contributed by atoms with Crippen LogP contribution in [0.2, 0.25) is 5.02 Å². The summed E-state index contributed by atoms with van der Waals surface area (Å²) in [6.07, 6.45) is -0.648. The number of hydrogen-bond donors (Lipinski definition) is 1. The second-order valence-corrected chi connectivity index (χ2v) is 10.4. The molecule has 2 aromatic heterocycles. The maximum atomic E-state index is 15.4. The third kappa shape index (κ3) is 7.15. The molecule has 0 aliphatic carbocycles. The lowest BCUT2D eigenvalue weighted by Crippen LogP contribution is -2.38. The minimum absolute atomic E-state index is 0.0860.